The van der Waals surface area contributed by atoms with Crippen LogP contribution in [-0.2, 0) is 0 Å². The summed E-state index contributed by atoms with van der Waals surface area (Å²) in [5.74, 6) is 0. The van der Waals surface area contributed by atoms with Crippen LogP contribution in [0.3, 0.4) is 0 Å². The van der Waals surface area contributed by atoms with Crippen molar-refractivity contribution in [3.05, 3.63) is 0 Å². The average Bonchev–Trinajstić information content (AvgIpc) is 1.84. The summed E-state index contributed by atoms with van der Waals surface area (Å²) in [6.45, 7) is 2.07. The molecule has 0 spiro atoms. The van der Waals surface area contributed by atoms with Crippen LogP contribution in [0.5, 0.6) is 0 Å². The fourth-order valence-corrected chi connectivity index (χ4v) is 1.87. The van der Waals surface area contributed by atoms with Gasteiger partial charge in [0.15, 0.2) is 0 Å². The maximum absolute atomic E-state index is 5.81. The van der Waals surface area contributed by atoms with E-state index in [9.17, 15) is 0 Å². The molecule has 0 aliphatic heterocycles. The summed E-state index contributed by atoms with van der Waals surface area (Å²) in [4.78, 5) is 0. The van der Waals surface area contributed by atoms with E-state index in [1.54, 1.807) is 0 Å². The summed E-state index contributed by atoms with van der Waals surface area (Å²) in [5.41, 5.74) is 0. The molecular weight excluding hydrogens is 230 g/mol. The Morgan fingerprint density at radius 1 is 1.30 bits per heavy atom. The minimum absolute atomic E-state index is 0.705. The van der Waals surface area contributed by atoms with Crippen molar-refractivity contribution in [1.82, 2.24) is 0 Å². The molecule has 0 aromatic carbocycles. The maximum Gasteiger partial charge on any atom is 0.272 e. The second-order valence-electron chi connectivity index (χ2n) is 2.17. The first-order valence-corrected chi connectivity index (χ1v) is 7.99. The summed E-state index contributed by atoms with van der Waals surface area (Å²) in [6.07, 6.45) is 2.75. The van der Waals surface area contributed by atoms with Gasteiger partial charge >= 0.3 is 0 Å². The monoisotopic (exact) mass is 238 g/mol. The highest BCUT2D eigenvalue weighted by molar-refractivity contribution is 7.38. The molecule has 0 radical (unpaired) electrons. The topological polar surface area (TPSA) is 0 Å². The van der Waals surface area contributed by atoms with Gasteiger partial charge in [-0.3, -0.25) is 0 Å². The summed E-state index contributed by atoms with van der Waals surface area (Å²) < 4.78 is -0.834. The number of alkyl halides is 2. The van der Waals surface area contributed by atoms with Gasteiger partial charge in [-0.05, 0) is 6.42 Å². The van der Waals surface area contributed by atoms with E-state index in [4.69, 9.17) is 45.4 Å². The minimum atomic E-state index is -1.94. The second-order valence-corrected chi connectivity index (χ2v) is 9.32. The largest absolute Gasteiger partial charge is 0.272 e. The van der Waals surface area contributed by atoms with Gasteiger partial charge in [0.05, 0.1) is 0 Å². The van der Waals surface area contributed by atoms with Gasteiger partial charge < -0.3 is 0 Å². The summed E-state index contributed by atoms with van der Waals surface area (Å²) in [6, 6.07) is 0. The lowest BCUT2D eigenvalue weighted by molar-refractivity contribution is 0.731. The van der Waals surface area contributed by atoms with Gasteiger partial charge in [0.25, 0.3) is 7.42 Å². The van der Waals surface area contributed by atoms with Crippen LogP contribution in [-0.4, -0.2) is 11.4 Å². The van der Waals surface area contributed by atoms with Crippen molar-refractivity contribution in [2.75, 3.05) is 0 Å². The Bertz CT molecular complexity index is 93.6. The number of hydrogen-bond donors (Lipinski definition) is 0. The number of hydrogen-bond acceptors (Lipinski definition) is 0. The molecule has 0 saturated heterocycles. The Kier molecular flexibility index (Phi) is 5.80. The van der Waals surface area contributed by atoms with Crippen molar-refractivity contribution in [2.45, 2.75) is 30.1 Å². The molecule has 0 aliphatic rings. The normalized spacial score (nSPS) is 12.6. The van der Waals surface area contributed by atoms with Gasteiger partial charge in [-0.1, -0.05) is 19.8 Å². The van der Waals surface area contributed by atoms with Crippen LogP contribution in [0.4, 0.5) is 0 Å². The van der Waals surface area contributed by atoms with Gasteiger partial charge in [-0.25, -0.2) is 0 Å². The lowest BCUT2D eigenvalue weighted by atomic mass is 10.3. The fourth-order valence-electron chi connectivity index (χ4n) is 0.522. The quantitative estimate of drug-likeness (QED) is 0.400. The van der Waals surface area contributed by atoms with Crippen molar-refractivity contribution in [3.8, 4) is 0 Å². The van der Waals surface area contributed by atoms with Crippen molar-refractivity contribution in [1.29, 1.82) is 0 Å². The molecule has 0 aliphatic carbocycles. The molecule has 0 amide bonds. The Balaban J connectivity index is 3.63. The minimum Gasteiger partial charge on any atom is -0.147 e. The first kappa shape index (κ1) is 11.4. The highest BCUT2D eigenvalue weighted by Gasteiger charge is 2.33. The van der Waals surface area contributed by atoms with Crippen molar-refractivity contribution >= 4 is 52.8 Å². The molecular formula is C5H10Cl4Si. The highest BCUT2D eigenvalue weighted by Crippen LogP contribution is 2.33. The molecule has 0 unspecified atom stereocenters. The van der Waals surface area contributed by atoms with Gasteiger partial charge in [0.1, 0.15) is 3.96 Å². The predicted octanol–water partition coefficient (Wildman–Crippen LogP) is 3.59. The zero-order valence-corrected chi connectivity index (χ0v) is 9.89. The molecule has 62 valence electrons. The van der Waals surface area contributed by atoms with Crippen LogP contribution < -0.4 is 0 Å². The third-order valence-electron chi connectivity index (χ3n) is 1.18. The van der Waals surface area contributed by atoms with E-state index in [1.165, 1.54) is 0 Å². The molecule has 0 N–H and O–H groups in total. The van der Waals surface area contributed by atoms with Crippen LogP contribution in [0, 0.1) is 0 Å². The van der Waals surface area contributed by atoms with Gasteiger partial charge in [0, 0.05) is 0 Å². The predicted molar refractivity (Wildman–Crippen MR) is 52.8 cm³/mol. The first-order valence-electron chi connectivity index (χ1n) is 3.16. The number of rotatable bonds is 4. The van der Waals surface area contributed by atoms with Crippen molar-refractivity contribution in [2.24, 2.45) is 0 Å². The summed E-state index contributed by atoms with van der Waals surface area (Å²) in [7, 11) is -1.94. The molecule has 0 rings (SSSR count). The van der Waals surface area contributed by atoms with E-state index >= 15 is 0 Å². The molecule has 0 atom stereocenters. The SMILES string of the molecule is CCCCC(Cl)(Cl)[SiH](Cl)Cl. The Labute approximate surface area is 82.8 Å². The first-order chi connectivity index (χ1) is 4.50. The zero-order valence-electron chi connectivity index (χ0n) is 5.71. The standard InChI is InChI=1S/C5H10Cl4Si/c1-2-3-4-5(6,7)10(8)9/h10H,2-4H2,1H3. The molecule has 0 heterocycles. The molecule has 10 heavy (non-hydrogen) atoms. The Morgan fingerprint density at radius 2 is 1.80 bits per heavy atom. The molecule has 0 aromatic rings. The van der Waals surface area contributed by atoms with Crippen LogP contribution in [0.15, 0.2) is 0 Å². The molecule has 0 fully saturated rings. The molecule has 0 saturated carbocycles. The van der Waals surface area contributed by atoms with E-state index < -0.39 is 11.4 Å². The lowest BCUT2D eigenvalue weighted by Crippen LogP contribution is -2.25. The number of halogens is 4. The second kappa shape index (κ2) is 5.10. The van der Waals surface area contributed by atoms with Crippen LogP contribution >= 0.6 is 45.4 Å². The van der Waals surface area contributed by atoms with Gasteiger partial charge in [-0.2, -0.15) is 0 Å². The van der Waals surface area contributed by atoms with Crippen molar-refractivity contribution in [3.63, 3.8) is 0 Å². The Hall–Kier alpha value is 1.38. The van der Waals surface area contributed by atoms with Gasteiger partial charge in [0.2, 0.25) is 0 Å². The smallest absolute Gasteiger partial charge is 0.147 e. The third-order valence-corrected chi connectivity index (χ3v) is 7.37. The van der Waals surface area contributed by atoms with E-state index in [0.29, 0.717) is 6.42 Å². The Morgan fingerprint density at radius 3 is 2.10 bits per heavy atom. The van der Waals surface area contributed by atoms with E-state index in [2.05, 4.69) is 6.92 Å². The molecule has 0 nitrogen and oxygen atoms in total. The van der Waals surface area contributed by atoms with Crippen molar-refractivity contribution < 1.29 is 0 Å². The summed E-state index contributed by atoms with van der Waals surface area (Å²) in [5, 5.41) is 0. The van der Waals surface area contributed by atoms with Gasteiger partial charge in [-0.15, -0.1) is 45.4 Å². The fraction of sp³-hybridized carbons (Fsp3) is 1.00. The third kappa shape index (κ3) is 4.30. The average molecular weight is 240 g/mol. The maximum atomic E-state index is 5.81. The lowest BCUT2D eigenvalue weighted by Gasteiger charge is -2.18. The molecule has 0 aromatic heterocycles. The van der Waals surface area contributed by atoms with E-state index in [0.717, 1.165) is 12.8 Å². The van der Waals surface area contributed by atoms with Crippen LogP contribution in [0.25, 0.3) is 0 Å². The number of unbranched alkanes of at least 4 members (excludes halogenated alkanes) is 1. The van der Waals surface area contributed by atoms with Crippen LogP contribution in [0.2, 0.25) is 0 Å². The summed E-state index contributed by atoms with van der Waals surface area (Å²) >= 11 is 22.9. The van der Waals surface area contributed by atoms with E-state index in [1.807, 2.05) is 0 Å². The molecule has 0 bridgehead atoms. The zero-order chi connectivity index (χ0) is 8.20. The van der Waals surface area contributed by atoms with Crippen LogP contribution in [0.1, 0.15) is 26.2 Å². The highest BCUT2D eigenvalue weighted by atomic mass is 35.7. The van der Waals surface area contributed by atoms with E-state index in [-0.39, 0.29) is 0 Å². The molecule has 5 heteroatoms.